The zero-order valence-corrected chi connectivity index (χ0v) is 22.2. The Labute approximate surface area is 204 Å². The van der Waals surface area contributed by atoms with Crippen molar-refractivity contribution in [2.24, 2.45) is 5.73 Å². The number of primary amides is 1. The van der Waals surface area contributed by atoms with Crippen molar-refractivity contribution >= 4 is 26.4 Å². The fourth-order valence-electron chi connectivity index (χ4n) is 2.93. The molecule has 0 saturated carbocycles. The molecule has 0 fully saturated rings. The lowest BCUT2D eigenvalue weighted by atomic mass is 9.95. The van der Waals surface area contributed by atoms with Crippen LogP contribution in [0.4, 0.5) is 4.39 Å². The first kappa shape index (κ1) is 29.9. The molecule has 7 nitrogen and oxygen atoms in total. The summed E-state index contributed by atoms with van der Waals surface area (Å²) in [4.78, 5) is 39.4. The third kappa shape index (κ3) is 10.4. The van der Waals surface area contributed by atoms with Crippen molar-refractivity contribution in [2.75, 3.05) is 0 Å². The van der Waals surface area contributed by atoms with Crippen molar-refractivity contribution in [3.63, 3.8) is 0 Å². The van der Waals surface area contributed by atoms with Crippen LogP contribution in [-0.4, -0.2) is 44.3 Å². The smallest absolute Gasteiger partial charge is 0.254 e. The van der Waals surface area contributed by atoms with Gasteiger partial charge in [-0.15, -0.1) is 0 Å². The Morgan fingerprint density at radius 2 is 1.79 bits per heavy atom. The molecule has 0 aliphatic carbocycles. The van der Waals surface area contributed by atoms with Gasteiger partial charge in [-0.05, 0) is 56.3 Å². The quantitative estimate of drug-likeness (QED) is 0.164. The Bertz CT molecular complexity index is 796. The Hall–Kier alpha value is -2.10. The van der Waals surface area contributed by atoms with Crippen molar-refractivity contribution < 1.29 is 28.0 Å². The molecule has 1 rings (SSSR count). The Morgan fingerprint density at radius 1 is 1.18 bits per heavy atom. The number of alkyl halides is 1. The number of halogens is 1. The SMILES string of the molecule is CC(F)(CCC(CC([CH]Cc1ccccc1)O[Si](C)(C)C(C)(C)C)ONC(=O)CC=O)C(N)=O. The van der Waals surface area contributed by atoms with Gasteiger partial charge in [0.05, 0.1) is 18.6 Å². The maximum Gasteiger partial charge on any atom is 0.254 e. The van der Waals surface area contributed by atoms with E-state index in [1.165, 1.54) is 0 Å². The van der Waals surface area contributed by atoms with E-state index in [0.717, 1.165) is 12.5 Å². The lowest BCUT2D eigenvalue weighted by molar-refractivity contribution is -0.142. The summed E-state index contributed by atoms with van der Waals surface area (Å²) in [6, 6.07) is 9.93. The molecule has 1 aromatic rings. The third-order valence-electron chi connectivity index (χ3n) is 6.26. The number of aldehydes is 1. The van der Waals surface area contributed by atoms with Gasteiger partial charge in [-0.1, -0.05) is 51.1 Å². The highest BCUT2D eigenvalue weighted by atomic mass is 28.4. The van der Waals surface area contributed by atoms with Crippen LogP contribution in [0.3, 0.4) is 0 Å². The first-order valence-electron chi connectivity index (χ1n) is 11.6. The van der Waals surface area contributed by atoms with Gasteiger partial charge in [-0.3, -0.25) is 14.4 Å². The molecular weight excluding hydrogens is 455 g/mol. The number of hydroxylamine groups is 1. The topological polar surface area (TPSA) is 108 Å². The first-order chi connectivity index (χ1) is 15.7. The van der Waals surface area contributed by atoms with Crippen LogP contribution in [0, 0.1) is 6.42 Å². The maximum absolute atomic E-state index is 14.5. The van der Waals surface area contributed by atoms with E-state index in [4.69, 9.17) is 15.0 Å². The van der Waals surface area contributed by atoms with Gasteiger partial charge < -0.3 is 15.0 Å². The van der Waals surface area contributed by atoms with Crippen molar-refractivity contribution in [1.29, 1.82) is 0 Å². The largest absolute Gasteiger partial charge is 0.414 e. The molecule has 0 bridgehead atoms. The Morgan fingerprint density at radius 3 is 2.32 bits per heavy atom. The second kappa shape index (κ2) is 13.1. The van der Waals surface area contributed by atoms with E-state index < -0.39 is 31.9 Å². The molecule has 0 spiro atoms. The van der Waals surface area contributed by atoms with Gasteiger partial charge in [0, 0.05) is 6.42 Å². The summed E-state index contributed by atoms with van der Waals surface area (Å²) in [6.45, 7) is 11.8. The maximum atomic E-state index is 14.5. The van der Waals surface area contributed by atoms with Gasteiger partial charge in [0.15, 0.2) is 14.0 Å². The number of carbonyl (C=O) groups is 3. The predicted octanol–water partition coefficient (Wildman–Crippen LogP) is 4.21. The van der Waals surface area contributed by atoms with Crippen LogP contribution in [0.1, 0.15) is 58.9 Å². The first-order valence-corrected chi connectivity index (χ1v) is 14.5. The molecule has 34 heavy (non-hydrogen) atoms. The molecule has 3 unspecified atom stereocenters. The van der Waals surface area contributed by atoms with E-state index in [2.05, 4.69) is 45.8 Å². The van der Waals surface area contributed by atoms with Crippen molar-refractivity contribution in [2.45, 2.75) is 95.8 Å². The minimum atomic E-state index is -2.21. The number of nitrogens with two attached hydrogens (primary N) is 1. The molecular formula is C25H40FN2O5Si. The van der Waals surface area contributed by atoms with E-state index in [-0.39, 0.29) is 30.4 Å². The monoisotopic (exact) mass is 495 g/mol. The molecule has 1 aromatic carbocycles. The standard InChI is InChI=1S/C25H40FN2O5Si/c1-24(2,3)34(5,6)33-21(13-12-19-10-8-7-9-11-19)18-20(32-28-22(30)15-17-29)14-16-25(4,26)23(27)31/h7-11,13,17,20-21H,12,14-16,18H2,1-6H3,(H2,27,31)(H,28,30). The predicted molar refractivity (Wildman–Crippen MR) is 133 cm³/mol. The normalized spacial score (nSPS) is 15.7. The van der Waals surface area contributed by atoms with Crippen LogP contribution in [-0.2, 0) is 30.1 Å². The number of rotatable bonds is 15. The van der Waals surface area contributed by atoms with Crippen LogP contribution >= 0.6 is 0 Å². The molecule has 0 aliphatic rings. The van der Waals surface area contributed by atoms with Gasteiger partial charge >= 0.3 is 0 Å². The lowest BCUT2D eigenvalue weighted by Gasteiger charge is -2.40. The Balaban J connectivity index is 3.04. The minimum Gasteiger partial charge on any atom is -0.414 e. The molecule has 1 radical (unpaired) electrons. The van der Waals surface area contributed by atoms with E-state index in [0.29, 0.717) is 19.1 Å². The van der Waals surface area contributed by atoms with E-state index in [9.17, 15) is 18.8 Å². The molecule has 0 aliphatic heterocycles. The fraction of sp³-hybridized carbons (Fsp3) is 0.600. The van der Waals surface area contributed by atoms with Gasteiger partial charge in [-0.2, -0.15) is 0 Å². The lowest BCUT2D eigenvalue weighted by Crippen LogP contribution is -2.45. The molecule has 0 aromatic heterocycles. The fourth-order valence-corrected chi connectivity index (χ4v) is 4.24. The average molecular weight is 496 g/mol. The zero-order chi connectivity index (χ0) is 26.0. The van der Waals surface area contributed by atoms with Crippen molar-refractivity contribution in [1.82, 2.24) is 5.48 Å². The summed E-state index contributed by atoms with van der Waals surface area (Å²) in [5, 5.41) is -0.0379. The molecule has 0 saturated heterocycles. The number of hydrogen-bond acceptors (Lipinski definition) is 5. The highest BCUT2D eigenvalue weighted by Gasteiger charge is 2.40. The Kier molecular flexibility index (Phi) is 11.5. The van der Waals surface area contributed by atoms with Crippen LogP contribution in [0.15, 0.2) is 30.3 Å². The van der Waals surface area contributed by atoms with E-state index in [1.54, 1.807) is 0 Å². The van der Waals surface area contributed by atoms with E-state index >= 15 is 0 Å². The number of nitrogens with one attached hydrogen (secondary N) is 1. The van der Waals surface area contributed by atoms with Crippen molar-refractivity contribution in [3.05, 3.63) is 42.3 Å². The van der Waals surface area contributed by atoms with Gasteiger partial charge in [0.25, 0.3) is 11.8 Å². The highest BCUT2D eigenvalue weighted by Crippen LogP contribution is 2.38. The third-order valence-corrected chi connectivity index (χ3v) is 10.8. The van der Waals surface area contributed by atoms with Crippen LogP contribution < -0.4 is 11.2 Å². The van der Waals surface area contributed by atoms with Crippen LogP contribution in [0.2, 0.25) is 18.1 Å². The van der Waals surface area contributed by atoms with Gasteiger partial charge in [0.1, 0.15) is 6.29 Å². The summed E-state index contributed by atoms with van der Waals surface area (Å²) >= 11 is 0. The summed E-state index contributed by atoms with van der Waals surface area (Å²) < 4.78 is 21.2. The molecule has 2 amide bonds. The van der Waals surface area contributed by atoms with Crippen LogP contribution in [0.5, 0.6) is 0 Å². The van der Waals surface area contributed by atoms with Gasteiger partial charge in [-0.25, -0.2) is 9.87 Å². The number of carbonyl (C=O) groups excluding carboxylic acids is 3. The summed E-state index contributed by atoms with van der Waals surface area (Å²) in [5.74, 6) is -1.66. The molecule has 191 valence electrons. The second-order valence-corrected chi connectivity index (χ2v) is 15.1. The zero-order valence-electron chi connectivity index (χ0n) is 21.2. The highest BCUT2D eigenvalue weighted by molar-refractivity contribution is 6.74. The van der Waals surface area contributed by atoms with Crippen LogP contribution in [0.25, 0.3) is 0 Å². The number of amides is 2. The summed E-state index contributed by atoms with van der Waals surface area (Å²) in [7, 11) is -2.18. The molecule has 0 heterocycles. The number of benzene rings is 1. The summed E-state index contributed by atoms with van der Waals surface area (Å²) in [6.07, 6.45) is 2.11. The molecule has 9 heteroatoms. The molecule has 3 N–H and O–H groups in total. The minimum absolute atomic E-state index is 0.0379. The van der Waals surface area contributed by atoms with Crippen molar-refractivity contribution in [3.8, 4) is 0 Å². The second-order valence-electron chi connectivity index (χ2n) is 10.3. The van der Waals surface area contributed by atoms with Gasteiger partial charge in [0.2, 0.25) is 0 Å². The average Bonchev–Trinajstić information content (AvgIpc) is 2.73. The number of hydrogen-bond donors (Lipinski definition) is 2. The summed E-state index contributed by atoms with van der Waals surface area (Å²) in [5.41, 5.74) is 6.34. The molecule has 3 atom stereocenters. The van der Waals surface area contributed by atoms with E-state index in [1.807, 2.05) is 30.3 Å².